The Morgan fingerprint density at radius 2 is 1.64 bits per heavy atom. The van der Waals surface area contributed by atoms with Crippen molar-refractivity contribution in [2.75, 3.05) is 10.6 Å². The van der Waals surface area contributed by atoms with Crippen LogP contribution in [0, 0.1) is 5.82 Å². The zero-order valence-electron chi connectivity index (χ0n) is 13.2. The van der Waals surface area contributed by atoms with Crippen molar-refractivity contribution >= 4 is 34.7 Å². The number of carbonyl (C=O) groups is 1. The van der Waals surface area contributed by atoms with Gasteiger partial charge in [0.25, 0.3) is 0 Å². The summed E-state index contributed by atoms with van der Waals surface area (Å²) in [4.78, 5) is 16.3. The van der Waals surface area contributed by atoms with Crippen LogP contribution in [0.3, 0.4) is 0 Å². The summed E-state index contributed by atoms with van der Waals surface area (Å²) >= 11 is 5.85. The van der Waals surface area contributed by atoms with E-state index in [1.54, 1.807) is 42.6 Å². The van der Waals surface area contributed by atoms with Gasteiger partial charge in [0.15, 0.2) is 0 Å². The summed E-state index contributed by atoms with van der Waals surface area (Å²) in [5, 5.41) is 6.57. The molecular formula is C19H15ClFN3O. The lowest BCUT2D eigenvalue weighted by Crippen LogP contribution is -2.14. The molecule has 3 rings (SSSR count). The molecule has 0 radical (unpaired) electrons. The van der Waals surface area contributed by atoms with Crippen LogP contribution in [-0.2, 0) is 11.2 Å². The maximum absolute atomic E-state index is 12.9. The van der Waals surface area contributed by atoms with Gasteiger partial charge in [0, 0.05) is 10.7 Å². The topological polar surface area (TPSA) is 54.0 Å². The van der Waals surface area contributed by atoms with Gasteiger partial charge in [-0.1, -0.05) is 23.7 Å². The molecule has 126 valence electrons. The molecule has 1 amide bonds. The summed E-state index contributed by atoms with van der Waals surface area (Å²) in [6, 6.07) is 16.6. The molecule has 1 heterocycles. The third-order valence-corrected chi connectivity index (χ3v) is 3.69. The summed E-state index contributed by atoms with van der Waals surface area (Å²) in [6.45, 7) is 0. The Kier molecular flexibility index (Phi) is 5.26. The van der Waals surface area contributed by atoms with Crippen LogP contribution in [0.1, 0.15) is 5.56 Å². The van der Waals surface area contributed by atoms with Gasteiger partial charge < -0.3 is 10.6 Å². The lowest BCUT2D eigenvalue weighted by molar-refractivity contribution is -0.115. The van der Waals surface area contributed by atoms with Gasteiger partial charge in [-0.05, 0) is 54.1 Å². The van der Waals surface area contributed by atoms with Gasteiger partial charge in [-0.2, -0.15) is 0 Å². The lowest BCUT2D eigenvalue weighted by atomic mass is 10.1. The summed E-state index contributed by atoms with van der Waals surface area (Å²) in [7, 11) is 0. The fraction of sp³-hybridized carbons (Fsp3) is 0.0526. The van der Waals surface area contributed by atoms with Crippen LogP contribution in [0.5, 0.6) is 0 Å². The molecule has 3 aromatic rings. The molecule has 0 saturated heterocycles. The van der Waals surface area contributed by atoms with E-state index in [0.717, 1.165) is 11.3 Å². The number of pyridine rings is 1. The number of rotatable bonds is 5. The number of benzene rings is 2. The smallest absolute Gasteiger partial charge is 0.228 e. The Labute approximate surface area is 149 Å². The van der Waals surface area contributed by atoms with Crippen molar-refractivity contribution in [3.63, 3.8) is 0 Å². The molecule has 0 aliphatic heterocycles. The number of hydrogen-bond acceptors (Lipinski definition) is 3. The van der Waals surface area contributed by atoms with Crippen molar-refractivity contribution in [2.45, 2.75) is 6.42 Å². The van der Waals surface area contributed by atoms with Gasteiger partial charge in [0.1, 0.15) is 11.6 Å². The summed E-state index contributed by atoms with van der Waals surface area (Å²) in [6.07, 6.45) is 1.74. The molecule has 2 aromatic carbocycles. The molecule has 4 nitrogen and oxygen atoms in total. The first kappa shape index (κ1) is 16.9. The van der Waals surface area contributed by atoms with E-state index in [1.165, 1.54) is 12.1 Å². The molecule has 0 aliphatic carbocycles. The summed E-state index contributed by atoms with van der Waals surface area (Å²) in [5.74, 6) is 0.141. The lowest BCUT2D eigenvalue weighted by Gasteiger charge is -2.08. The Hall–Kier alpha value is -2.92. The zero-order chi connectivity index (χ0) is 17.6. The SMILES string of the molecule is O=C(Cc1ccc(F)cc1)Nc1ccc(Nc2ccc(Cl)cc2)nc1. The van der Waals surface area contributed by atoms with Crippen LogP contribution >= 0.6 is 11.6 Å². The highest BCUT2D eigenvalue weighted by Crippen LogP contribution is 2.18. The molecule has 0 unspecified atom stereocenters. The standard InChI is InChI=1S/C19H15ClFN3O/c20-14-3-7-16(8-4-14)23-18-10-9-17(12-22-18)24-19(25)11-13-1-5-15(21)6-2-13/h1-10,12H,11H2,(H,22,23)(H,24,25). The highest BCUT2D eigenvalue weighted by molar-refractivity contribution is 6.30. The molecule has 0 spiro atoms. The first-order valence-corrected chi connectivity index (χ1v) is 7.99. The van der Waals surface area contributed by atoms with Crippen LogP contribution in [0.15, 0.2) is 66.9 Å². The monoisotopic (exact) mass is 355 g/mol. The van der Waals surface area contributed by atoms with Gasteiger partial charge in [-0.15, -0.1) is 0 Å². The highest BCUT2D eigenvalue weighted by Gasteiger charge is 2.05. The van der Waals surface area contributed by atoms with E-state index in [4.69, 9.17) is 11.6 Å². The average molecular weight is 356 g/mol. The fourth-order valence-corrected chi connectivity index (χ4v) is 2.34. The third kappa shape index (κ3) is 5.02. The normalized spacial score (nSPS) is 10.3. The van der Waals surface area contributed by atoms with Crippen molar-refractivity contribution in [3.05, 3.63) is 83.3 Å². The first-order valence-electron chi connectivity index (χ1n) is 7.61. The second-order valence-corrected chi connectivity index (χ2v) is 5.85. The van der Waals surface area contributed by atoms with Gasteiger partial charge >= 0.3 is 0 Å². The Bertz CT molecular complexity index is 849. The second kappa shape index (κ2) is 7.77. The van der Waals surface area contributed by atoms with Crippen LogP contribution in [0.25, 0.3) is 0 Å². The van der Waals surface area contributed by atoms with E-state index in [1.807, 2.05) is 12.1 Å². The minimum Gasteiger partial charge on any atom is -0.340 e. The Morgan fingerprint density at radius 1 is 0.960 bits per heavy atom. The van der Waals surface area contributed by atoms with Crippen molar-refractivity contribution in [2.24, 2.45) is 0 Å². The minimum atomic E-state index is -0.322. The molecule has 0 fully saturated rings. The van der Waals surface area contributed by atoms with Gasteiger partial charge in [-0.25, -0.2) is 9.37 Å². The molecule has 0 saturated carbocycles. The number of amides is 1. The number of nitrogens with one attached hydrogen (secondary N) is 2. The number of carbonyl (C=O) groups excluding carboxylic acids is 1. The molecule has 25 heavy (non-hydrogen) atoms. The highest BCUT2D eigenvalue weighted by atomic mass is 35.5. The molecular weight excluding hydrogens is 341 g/mol. The van der Waals surface area contributed by atoms with E-state index in [0.29, 0.717) is 16.5 Å². The van der Waals surface area contributed by atoms with Crippen LogP contribution in [0.2, 0.25) is 5.02 Å². The van der Waals surface area contributed by atoms with Crippen LogP contribution in [-0.4, -0.2) is 10.9 Å². The molecule has 0 bridgehead atoms. The van der Waals surface area contributed by atoms with Crippen molar-refractivity contribution < 1.29 is 9.18 Å². The predicted octanol–water partition coefficient (Wildman–Crippen LogP) is 4.80. The predicted molar refractivity (Wildman–Crippen MR) is 97.7 cm³/mol. The minimum absolute atomic E-state index is 0.172. The largest absolute Gasteiger partial charge is 0.340 e. The third-order valence-electron chi connectivity index (χ3n) is 3.44. The number of aromatic nitrogens is 1. The Morgan fingerprint density at radius 3 is 2.28 bits per heavy atom. The van der Waals surface area contributed by atoms with E-state index < -0.39 is 0 Å². The number of halogens is 2. The molecule has 1 aromatic heterocycles. The average Bonchev–Trinajstić information content (AvgIpc) is 2.61. The van der Waals surface area contributed by atoms with Crippen LogP contribution < -0.4 is 10.6 Å². The van der Waals surface area contributed by atoms with E-state index in [2.05, 4.69) is 15.6 Å². The van der Waals surface area contributed by atoms with Gasteiger partial charge in [0.05, 0.1) is 18.3 Å². The summed E-state index contributed by atoms with van der Waals surface area (Å²) < 4.78 is 12.9. The van der Waals surface area contributed by atoms with E-state index >= 15 is 0 Å². The van der Waals surface area contributed by atoms with Crippen molar-refractivity contribution in [1.29, 1.82) is 0 Å². The van der Waals surface area contributed by atoms with Crippen LogP contribution in [0.4, 0.5) is 21.6 Å². The zero-order valence-corrected chi connectivity index (χ0v) is 13.9. The fourth-order valence-electron chi connectivity index (χ4n) is 2.22. The van der Waals surface area contributed by atoms with E-state index in [9.17, 15) is 9.18 Å². The maximum Gasteiger partial charge on any atom is 0.228 e. The number of hydrogen-bond donors (Lipinski definition) is 2. The van der Waals surface area contributed by atoms with Crippen molar-refractivity contribution in [3.8, 4) is 0 Å². The quantitative estimate of drug-likeness (QED) is 0.691. The first-order chi connectivity index (χ1) is 12.1. The van der Waals surface area contributed by atoms with Gasteiger partial charge in [-0.3, -0.25) is 4.79 Å². The number of nitrogens with zero attached hydrogens (tertiary/aromatic N) is 1. The molecule has 0 atom stereocenters. The van der Waals surface area contributed by atoms with E-state index in [-0.39, 0.29) is 18.1 Å². The molecule has 6 heteroatoms. The summed E-state index contributed by atoms with van der Waals surface area (Å²) in [5.41, 5.74) is 2.20. The number of anilines is 3. The molecule has 2 N–H and O–H groups in total. The maximum atomic E-state index is 12.9. The van der Waals surface area contributed by atoms with Crippen molar-refractivity contribution in [1.82, 2.24) is 4.98 Å². The van der Waals surface area contributed by atoms with Gasteiger partial charge in [0.2, 0.25) is 5.91 Å². The Balaban J connectivity index is 1.57. The molecule has 0 aliphatic rings. The second-order valence-electron chi connectivity index (χ2n) is 5.42.